The molecule has 0 fully saturated rings. The molecule has 1 aromatic carbocycles. The normalized spacial score (nSPS) is 12.5. The van der Waals surface area contributed by atoms with Gasteiger partial charge in [-0.1, -0.05) is 32.4 Å². The van der Waals surface area contributed by atoms with Gasteiger partial charge in [-0.3, -0.25) is 0 Å². The molecule has 0 spiro atoms. The Bertz CT molecular complexity index is 290. The van der Waals surface area contributed by atoms with Crippen LogP contribution in [0.4, 0.5) is 5.69 Å². The van der Waals surface area contributed by atoms with Crippen molar-refractivity contribution < 1.29 is 0 Å². The second-order valence-corrected chi connectivity index (χ2v) is 4.71. The smallest absolute Gasteiger partial charge is 0.0361 e. The zero-order chi connectivity index (χ0) is 12.0. The van der Waals surface area contributed by atoms with E-state index in [9.17, 15) is 0 Å². The maximum atomic E-state index is 3.49. The van der Waals surface area contributed by atoms with Crippen LogP contribution in [0.15, 0.2) is 24.3 Å². The lowest BCUT2D eigenvalue weighted by Crippen LogP contribution is -2.20. The van der Waals surface area contributed by atoms with Gasteiger partial charge in [-0.05, 0) is 30.2 Å². The van der Waals surface area contributed by atoms with Crippen molar-refractivity contribution in [2.45, 2.75) is 26.8 Å². The van der Waals surface area contributed by atoms with Crippen molar-refractivity contribution in [2.75, 3.05) is 25.5 Å². The highest BCUT2D eigenvalue weighted by atomic mass is 15.1. The monoisotopic (exact) mass is 220 g/mol. The first kappa shape index (κ1) is 13.0. The van der Waals surface area contributed by atoms with Gasteiger partial charge in [-0.25, -0.2) is 0 Å². The van der Waals surface area contributed by atoms with Crippen molar-refractivity contribution in [3.8, 4) is 0 Å². The van der Waals surface area contributed by atoms with Gasteiger partial charge in [0.05, 0.1) is 0 Å². The largest absolute Gasteiger partial charge is 0.378 e. The lowest BCUT2D eigenvalue weighted by molar-refractivity contribution is 0.500. The third-order valence-corrected chi connectivity index (χ3v) is 2.97. The van der Waals surface area contributed by atoms with E-state index in [1.807, 2.05) is 0 Å². The van der Waals surface area contributed by atoms with E-state index in [1.165, 1.54) is 17.7 Å². The van der Waals surface area contributed by atoms with Crippen LogP contribution in [-0.4, -0.2) is 20.6 Å². The van der Waals surface area contributed by atoms with Crippen LogP contribution < -0.4 is 10.2 Å². The van der Waals surface area contributed by atoms with Crippen LogP contribution in [-0.2, 0) is 6.54 Å². The number of nitrogens with one attached hydrogen (secondary N) is 1. The molecule has 0 aliphatic heterocycles. The van der Waals surface area contributed by atoms with E-state index in [0.29, 0.717) is 0 Å². The van der Waals surface area contributed by atoms with Gasteiger partial charge in [-0.2, -0.15) is 0 Å². The van der Waals surface area contributed by atoms with Crippen LogP contribution in [0.25, 0.3) is 0 Å². The Labute approximate surface area is 99.7 Å². The molecular weight excluding hydrogens is 196 g/mol. The second-order valence-electron chi connectivity index (χ2n) is 4.71. The van der Waals surface area contributed by atoms with E-state index in [-0.39, 0.29) is 0 Å². The Kier molecular flexibility index (Phi) is 5.33. The molecule has 0 aromatic heterocycles. The quantitative estimate of drug-likeness (QED) is 0.793. The fourth-order valence-electron chi connectivity index (χ4n) is 1.52. The van der Waals surface area contributed by atoms with Gasteiger partial charge in [0.25, 0.3) is 0 Å². The first-order chi connectivity index (χ1) is 7.63. The minimum atomic E-state index is 0.765. The van der Waals surface area contributed by atoms with Gasteiger partial charge in [-0.15, -0.1) is 0 Å². The van der Waals surface area contributed by atoms with E-state index >= 15 is 0 Å². The standard InChI is InChI=1S/C14H24N2/c1-5-12(2)10-15-11-13-6-8-14(9-7-13)16(3)4/h6-9,12,15H,5,10-11H2,1-4H3. The highest BCUT2D eigenvalue weighted by molar-refractivity contribution is 5.45. The molecule has 0 saturated heterocycles. The van der Waals surface area contributed by atoms with Crippen molar-refractivity contribution >= 4 is 5.69 Å². The third kappa shape index (κ3) is 4.23. The Morgan fingerprint density at radius 2 is 1.81 bits per heavy atom. The maximum absolute atomic E-state index is 3.49. The molecule has 0 amide bonds. The molecule has 0 aliphatic rings. The van der Waals surface area contributed by atoms with E-state index in [2.05, 4.69) is 62.4 Å². The molecule has 90 valence electrons. The Morgan fingerprint density at radius 1 is 1.19 bits per heavy atom. The summed E-state index contributed by atoms with van der Waals surface area (Å²) in [5.74, 6) is 0.765. The molecule has 2 nitrogen and oxygen atoms in total. The molecule has 0 heterocycles. The molecule has 16 heavy (non-hydrogen) atoms. The summed E-state index contributed by atoms with van der Waals surface area (Å²) < 4.78 is 0. The zero-order valence-corrected chi connectivity index (χ0v) is 11.0. The number of anilines is 1. The van der Waals surface area contributed by atoms with Crippen molar-refractivity contribution in [3.63, 3.8) is 0 Å². The first-order valence-electron chi connectivity index (χ1n) is 6.10. The lowest BCUT2D eigenvalue weighted by Gasteiger charge is -2.13. The summed E-state index contributed by atoms with van der Waals surface area (Å²) in [7, 11) is 4.13. The van der Waals surface area contributed by atoms with E-state index in [4.69, 9.17) is 0 Å². The van der Waals surface area contributed by atoms with E-state index in [1.54, 1.807) is 0 Å². The number of nitrogens with zero attached hydrogens (tertiary/aromatic N) is 1. The SMILES string of the molecule is CCC(C)CNCc1ccc(N(C)C)cc1. The van der Waals surface area contributed by atoms with Gasteiger partial charge in [0.1, 0.15) is 0 Å². The summed E-state index contributed by atoms with van der Waals surface area (Å²) in [4.78, 5) is 2.12. The fourth-order valence-corrected chi connectivity index (χ4v) is 1.52. The van der Waals surface area contributed by atoms with Gasteiger partial charge < -0.3 is 10.2 Å². The zero-order valence-electron chi connectivity index (χ0n) is 11.0. The van der Waals surface area contributed by atoms with Crippen LogP contribution in [0.5, 0.6) is 0 Å². The number of hydrogen-bond acceptors (Lipinski definition) is 2. The summed E-state index contributed by atoms with van der Waals surface area (Å²) in [5.41, 5.74) is 2.61. The number of rotatable bonds is 6. The van der Waals surface area contributed by atoms with E-state index < -0.39 is 0 Å². The molecule has 0 aliphatic carbocycles. The molecule has 1 rings (SSSR count). The predicted molar refractivity (Wildman–Crippen MR) is 71.9 cm³/mol. The molecule has 2 heteroatoms. The molecule has 1 aromatic rings. The lowest BCUT2D eigenvalue weighted by atomic mass is 10.1. The van der Waals surface area contributed by atoms with Crippen molar-refractivity contribution in [2.24, 2.45) is 5.92 Å². The molecule has 1 atom stereocenters. The minimum Gasteiger partial charge on any atom is -0.378 e. The summed E-state index contributed by atoms with van der Waals surface area (Å²) in [6.07, 6.45) is 1.24. The van der Waals surface area contributed by atoms with E-state index in [0.717, 1.165) is 19.0 Å². The molecule has 1 N–H and O–H groups in total. The molecular formula is C14H24N2. The van der Waals surface area contributed by atoms with Gasteiger partial charge in [0.2, 0.25) is 0 Å². The predicted octanol–water partition coefficient (Wildman–Crippen LogP) is 2.89. The van der Waals surface area contributed by atoms with Crippen LogP contribution in [0.3, 0.4) is 0 Å². The van der Waals surface area contributed by atoms with Crippen molar-refractivity contribution in [1.29, 1.82) is 0 Å². The minimum absolute atomic E-state index is 0.765. The summed E-state index contributed by atoms with van der Waals surface area (Å²) in [5, 5.41) is 3.49. The second kappa shape index (κ2) is 6.54. The van der Waals surface area contributed by atoms with Crippen molar-refractivity contribution in [3.05, 3.63) is 29.8 Å². The third-order valence-electron chi connectivity index (χ3n) is 2.97. The maximum Gasteiger partial charge on any atom is 0.0361 e. The number of hydrogen-bond donors (Lipinski definition) is 1. The Morgan fingerprint density at radius 3 is 2.31 bits per heavy atom. The molecule has 0 radical (unpaired) electrons. The fraction of sp³-hybridized carbons (Fsp3) is 0.571. The average Bonchev–Trinajstić information content (AvgIpc) is 2.29. The van der Waals surface area contributed by atoms with Gasteiger partial charge in [0.15, 0.2) is 0 Å². The first-order valence-corrected chi connectivity index (χ1v) is 6.10. The highest BCUT2D eigenvalue weighted by Gasteiger charge is 1.99. The van der Waals surface area contributed by atoms with Crippen molar-refractivity contribution in [1.82, 2.24) is 5.32 Å². The molecule has 0 bridgehead atoms. The Balaban J connectivity index is 2.38. The molecule has 0 saturated carbocycles. The molecule has 1 unspecified atom stereocenters. The summed E-state index contributed by atoms with van der Waals surface area (Å²) in [6.45, 7) is 6.59. The summed E-state index contributed by atoms with van der Waals surface area (Å²) in [6, 6.07) is 8.72. The number of benzene rings is 1. The van der Waals surface area contributed by atoms with Crippen LogP contribution in [0, 0.1) is 5.92 Å². The topological polar surface area (TPSA) is 15.3 Å². The summed E-state index contributed by atoms with van der Waals surface area (Å²) >= 11 is 0. The van der Waals surface area contributed by atoms with Crippen LogP contribution in [0.1, 0.15) is 25.8 Å². The van der Waals surface area contributed by atoms with Crippen LogP contribution in [0.2, 0.25) is 0 Å². The average molecular weight is 220 g/mol. The van der Waals surface area contributed by atoms with Gasteiger partial charge >= 0.3 is 0 Å². The van der Waals surface area contributed by atoms with Gasteiger partial charge in [0, 0.05) is 26.3 Å². The highest BCUT2D eigenvalue weighted by Crippen LogP contribution is 2.12. The van der Waals surface area contributed by atoms with Crippen LogP contribution >= 0.6 is 0 Å². The Hall–Kier alpha value is -1.02.